The monoisotopic (exact) mass is 237 g/mol. The molecule has 0 saturated heterocycles. The number of nitrogens with zero attached hydrogens (tertiary/aromatic N) is 1. The van der Waals surface area contributed by atoms with Gasteiger partial charge in [-0.2, -0.15) is 0 Å². The highest BCUT2D eigenvalue weighted by Gasteiger charge is 2.06. The molecule has 1 rings (SSSR count). The van der Waals surface area contributed by atoms with Crippen LogP contribution in [0.15, 0.2) is 24.3 Å². The van der Waals surface area contributed by atoms with E-state index in [4.69, 9.17) is 5.73 Å². The molecule has 0 spiro atoms. The van der Waals surface area contributed by atoms with Crippen molar-refractivity contribution in [2.45, 2.75) is 19.4 Å². The van der Waals surface area contributed by atoms with E-state index in [1.165, 1.54) is 12.1 Å². The number of nitrogens with one attached hydrogen (secondary N) is 1. The summed E-state index contributed by atoms with van der Waals surface area (Å²) in [5.74, 6) is -0.202. The van der Waals surface area contributed by atoms with Crippen molar-refractivity contribution in [2.75, 3.05) is 6.54 Å². The second-order valence-corrected chi connectivity index (χ2v) is 3.75. The first-order valence-corrected chi connectivity index (χ1v) is 5.27. The Labute approximate surface area is 99.0 Å². The van der Waals surface area contributed by atoms with E-state index in [0.29, 0.717) is 13.0 Å². The van der Waals surface area contributed by atoms with E-state index in [9.17, 15) is 14.9 Å². The molecule has 0 unspecified atom stereocenters. The molecule has 0 heterocycles. The highest BCUT2D eigenvalue weighted by atomic mass is 16.6. The van der Waals surface area contributed by atoms with Gasteiger partial charge in [0.25, 0.3) is 5.69 Å². The Bertz CT molecular complexity index is 401. The smallest absolute Gasteiger partial charge is 0.269 e. The summed E-state index contributed by atoms with van der Waals surface area (Å²) < 4.78 is 0. The van der Waals surface area contributed by atoms with E-state index in [2.05, 4.69) is 5.32 Å². The van der Waals surface area contributed by atoms with Crippen molar-refractivity contribution < 1.29 is 9.72 Å². The van der Waals surface area contributed by atoms with E-state index in [-0.39, 0.29) is 11.6 Å². The van der Waals surface area contributed by atoms with Gasteiger partial charge in [0, 0.05) is 18.7 Å². The average molecular weight is 237 g/mol. The molecule has 0 bridgehead atoms. The molecule has 0 radical (unpaired) electrons. The van der Waals surface area contributed by atoms with Crippen LogP contribution < -0.4 is 11.1 Å². The lowest BCUT2D eigenvalue weighted by Crippen LogP contribution is -2.39. The minimum Gasteiger partial charge on any atom is -0.354 e. The van der Waals surface area contributed by atoms with Gasteiger partial charge in [-0.25, -0.2) is 0 Å². The molecule has 0 aliphatic carbocycles. The summed E-state index contributed by atoms with van der Waals surface area (Å²) >= 11 is 0. The highest BCUT2D eigenvalue weighted by molar-refractivity contribution is 5.80. The standard InChI is InChI=1S/C11H15N3O3/c1-8(12)11(15)13-7-6-9-2-4-10(5-3-9)14(16)17/h2-5,8H,6-7,12H2,1H3,(H,13,15)/t8-/m0/s1. The third kappa shape index (κ3) is 4.20. The van der Waals surface area contributed by atoms with Crippen LogP contribution in [-0.4, -0.2) is 23.4 Å². The normalized spacial score (nSPS) is 11.9. The number of carbonyl (C=O) groups excluding carboxylic acids is 1. The van der Waals surface area contributed by atoms with Crippen molar-refractivity contribution in [3.8, 4) is 0 Å². The first-order valence-electron chi connectivity index (χ1n) is 5.27. The molecule has 0 aliphatic rings. The Hall–Kier alpha value is -1.95. The second kappa shape index (κ2) is 5.95. The number of hydrogen-bond donors (Lipinski definition) is 2. The number of rotatable bonds is 5. The number of hydrogen-bond acceptors (Lipinski definition) is 4. The zero-order chi connectivity index (χ0) is 12.8. The largest absolute Gasteiger partial charge is 0.354 e. The number of amides is 1. The molecular weight excluding hydrogens is 222 g/mol. The van der Waals surface area contributed by atoms with Crippen molar-refractivity contribution in [3.63, 3.8) is 0 Å². The zero-order valence-electron chi connectivity index (χ0n) is 9.55. The minimum atomic E-state index is -0.521. The first-order chi connectivity index (χ1) is 8.00. The lowest BCUT2D eigenvalue weighted by molar-refractivity contribution is -0.384. The van der Waals surface area contributed by atoms with E-state index >= 15 is 0 Å². The van der Waals surface area contributed by atoms with Gasteiger partial charge >= 0.3 is 0 Å². The van der Waals surface area contributed by atoms with Crippen LogP contribution >= 0.6 is 0 Å². The quantitative estimate of drug-likeness (QED) is 0.578. The van der Waals surface area contributed by atoms with Crippen LogP contribution in [0.4, 0.5) is 5.69 Å². The summed E-state index contributed by atoms with van der Waals surface area (Å²) in [7, 11) is 0. The molecule has 0 aliphatic heterocycles. The Morgan fingerprint density at radius 1 is 1.47 bits per heavy atom. The molecule has 92 valence electrons. The van der Waals surface area contributed by atoms with Crippen molar-refractivity contribution in [1.29, 1.82) is 0 Å². The number of nitrogens with two attached hydrogens (primary N) is 1. The van der Waals surface area contributed by atoms with Crippen LogP contribution in [0.25, 0.3) is 0 Å². The predicted molar refractivity (Wildman–Crippen MR) is 63.5 cm³/mol. The molecule has 0 fully saturated rings. The van der Waals surface area contributed by atoms with Crippen molar-refractivity contribution in [1.82, 2.24) is 5.32 Å². The summed E-state index contributed by atoms with van der Waals surface area (Å²) in [6.45, 7) is 2.08. The molecule has 6 heteroatoms. The van der Waals surface area contributed by atoms with Crippen LogP contribution in [0.2, 0.25) is 0 Å². The van der Waals surface area contributed by atoms with Gasteiger partial charge in [-0.15, -0.1) is 0 Å². The molecule has 6 nitrogen and oxygen atoms in total. The Balaban J connectivity index is 2.42. The van der Waals surface area contributed by atoms with Crippen LogP contribution in [0.1, 0.15) is 12.5 Å². The predicted octanol–water partition coefficient (Wildman–Crippen LogP) is 0.601. The summed E-state index contributed by atoms with van der Waals surface area (Å²) in [5.41, 5.74) is 6.38. The topological polar surface area (TPSA) is 98.3 Å². The van der Waals surface area contributed by atoms with Crippen molar-refractivity contribution >= 4 is 11.6 Å². The average Bonchev–Trinajstić information content (AvgIpc) is 2.29. The van der Waals surface area contributed by atoms with Gasteiger partial charge in [-0.1, -0.05) is 12.1 Å². The Morgan fingerprint density at radius 3 is 2.53 bits per heavy atom. The molecule has 1 amide bonds. The van der Waals surface area contributed by atoms with Crippen LogP contribution in [0.5, 0.6) is 0 Å². The Morgan fingerprint density at radius 2 is 2.06 bits per heavy atom. The molecule has 3 N–H and O–H groups in total. The lowest BCUT2D eigenvalue weighted by Gasteiger charge is -2.07. The van der Waals surface area contributed by atoms with Crippen molar-refractivity contribution in [3.05, 3.63) is 39.9 Å². The van der Waals surface area contributed by atoms with Gasteiger partial charge in [-0.3, -0.25) is 14.9 Å². The Kier molecular flexibility index (Phi) is 4.59. The van der Waals surface area contributed by atoms with Crippen LogP contribution in [-0.2, 0) is 11.2 Å². The fourth-order valence-corrected chi connectivity index (χ4v) is 1.28. The van der Waals surface area contributed by atoms with Gasteiger partial charge in [0.15, 0.2) is 0 Å². The number of benzene rings is 1. The van der Waals surface area contributed by atoms with E-state index in [0.717, 1.165) is 5.56 Å². The molecular formula is C11H15N3O3. The lowest BCUT2D eigenvalue weighted by atomic mass is 10.1. The van der Waals surface area contributed by atoms with E-state index < -0.39 is 11.0 Å². The maximum absolute atomic E-state index is 11.2. The molecule has 0 aromatic heterocycles. The van der Waals surface area contributed by atoms with Crippen molar-refractivity contribution in [2.24, 2.45) is 5.73 Å². The zero-order valence-corrected chi connectivity index (χ0v) is 9.55. The summed E-state index contributed by atoms with van der Waals surface area (Å²) in [4.78, 5) is 21.1. The SMILES string of the molecule is C[C@H](N)C(=O)NCCc1ccc([N+](=O)[O-])cc1. The van der Waals surface area contributed by atoms with Crippen LogP contribution in [0.3, 0.4) is 0 Å². The number of carbonyl (C=O) groups is 1. The molecule has 1 atom stereocenters. The van der Waals surface area contributed by atoms with Gasteiger partial charge in [0.2, 0.25) is 5.91 Å². The summed E-state index contributed by atoms with van der Waals surface area (Å²) in [6, 6.07) is 5.73. The third-order valence-corrected chi connectivity index (χ3v) is 2.27. The number of nitro benzene ring substituents is 1. The fraction of sp³-hybridized carbons (Fsp3) is 0.364. The maximum atomic E-state index is 11.2. The van der Waals surface area contributed by atoms with E-state index in [1.807, 2.05) is 0 Å². The third-order valence-electron chi connectivity index (χ3n) is 2.27. The highest BCUT2D eigenvalue weighted by Crippen LogP contribution is 2.11. The molecule has 0 saturated carbocycles. The number of nitro groups is 1. The molecule has 17 heavy (non-hydrogen) atoms. The maximum Gasteiger partial charge on any atom is 0.269 e. The number of non-ortho nitro benzene ring substituents is 1. The van der Waals surface area contributed by atoms with Gasteiger partial charge in [0.1, 0.15) is 0 Å². The summed E-state index contributed by atoms with van der Waals surface area (Å²) in [5, 5.41) is 13.1. The van der Waals surface area contributed by atoms with Crippen LogP contribution in [0, 0.1) is 10.1 Å². The van der Waals surface area contributed by atoms with Gasteiger partial charge < -0.3 is 11.1 Å². The van der Waals surface area contributed by atoms with E-state index in [1.54, 1.807) is 19.1 Å². The molecule has 1 aromatic carbocycles. The summed E-state index contributed by atoms with van der Waals surface area (Å²) in [6.07, 6.45) is 0.621. The minimum absolute atomic E-state index is 0.0633. The first kappa shape index (κ1) is 13.1. The van der Waals surface area contributed by atoms with Gasteiger partial charge in [0.05, 0.1) is 11.0 Å². The molecule has 1 aromatic rings. The van der Waals surface area contributed by atoms with Gasteiger partial charge in [-0.05, 0) is 18.9 Å². The second-order valence-electron chi connectivity index (χ2n) is 3.75. The fourth-order valence-electron chi connectivity index (χ4n) is 1.28.